The van der Waals surface area contributed by atoms with E-state index in [2.05, 4.69) is 20.7 Å². The molecule has 0 saturated heterocycles. The molecule has 0 radical (unpaired) electrons. The van der Waals surface area contributed by atoms with Gasteiger partial charge in [0.05, 0.1) is 7.11 Å². The zero-order valence-electron chi connectivity index (χ0n) is 18.0. The van der Waals surface area contributed by atoms with E-state index in [-0.39, 0.29) is 19.6 Å². The van der Waals surface area contributed by atoms with Crippen molar-refractivity contribution in [2.45, 2.75) is 32.0 Å². The minimum atomic E-state index is -0.959. The topological polar surface area (TPSA) is 123 Å². The molecule has 3 N–H and O–H groups in total. The van der Waals surface area contributed by atoms with E-state index in [0.29, 0.717) is 0 Å². The smallest absolute Gasteiger partial charge is 0.407 e. The summed E-state index contributed by atoms with van der Waals surface area (Å²) < 4.78 is 9.67. The predicted molar refractivity (Wildman–Crippen MR) is 116 cm³/mol. The quantitative estimate of drug-likeness (QED) is 0.478. The summed E-state index contributed by atoms with van der Waals surface area (Å²) in [5, 5.41) is 7.45. The van der Waals surface area contributed by atoms with Gasteiger partial charge in [0.25, 0.3) is 0 Å². The number of carbonyl (C=O) groups excluding carboxylic acids is 4. The Hall–Kier alpha value is -3.88. The molecule has 2 rings (SSSR count). The van der Waals surface area contributed by atoms with Crippen LogP contribution >= 0.6 is 0 Å². The van der Waals surface area contributed by atoms with E-state index in [1.807, 2.05) is 60.7 Å². The van der Waals surface area contributed by atoms with Gasteiger partial charge in [-0.05, 0) is 18.1 Å². The van der Waals surface area contributed by atoms with Crippen molar-refractivity contribution in [1.82, 2.24) is 16.0 Å². The lowest BCUT2D eigenvalue weighted by atomic mass is 10.0. The number of methoxy groups -OCH3 is 1. The van der Waals surface area contributed by atoms with E-state index >= 15 is 0 Å². The third-order valence-corrected chi connectivity index (χ3v) is 4.45. The summed E-state index contributed by atoms with van der Waals surface area (Å²) in [6.07, 6.45) is -0.558. The van der Waals surface area contributed by atoms with Crippen LogP contribution < -0.4 is 16.0 Å². The summed E-state index contributed by atoms with van der Waals surface area (Å²) in [6.45, 7) is 1.17. The van der Waals surface area contributed by atoms with Gasteiger partial charge in [0, 0.05) is 6.42 Å². The van der Waals surface area contributed by atoms with Crippen LogP contribution in [0.2, 0.25) is 0 Å². The zero-order chi connectivity index (χ0) is 23.3. The van der Waals surface area contributed by atoms with Crippen LogP contribution in [0.15, 0.2) is 60.7 Å². The molecule has 0 aliphatic rings. The largest absolute Gasteiger partial charge is 0.467 e. The van der Waals surface area contributed by atoms with Crippen LogP contribution in [0.3, 0.4) is 0 Å². The van der Waals surface area contributed by atoms with Crippen LogP contribution in [-0.4, -0.2) is 49.6 Å². The lowest BCUT2D eigenvalue weighted by Crippen LogP contribution is -2.53. The highest BCUT2D eigenvalue weighted by Crippen LogP contribution is 2.04. The first-order valence-electron chi connectivity index (χ1n) is 10.0. The lowest BCUT2D eigenvalue weighted by Gasteiger charge is -2.21. The van der Waals surface area contributed by atoms with Gasteiger partial charge in [0.1, 0.15) is 25.2 Å². The Balaban J connectivity index is 1.90. The molecule has 0 aliphatic carbocycles. The van der Waals surface area contributed by atoms with Crippen LogP contribution in [0.25, 0.3) is 0 Å². The second-order valence-corrected chi connectivity index (χ2v) is 6.98. The first kappa shape index (κ1) is 24.4. The van der Waals surface area contributed by atoms with Crippen molar-refractivity contribution in [1.29, 1.82) is 0 Å². The molecule has 3 amide bonds. The summed E-state index contributed by atoms with van der Waals surface area (Å²) in [7, 11) is 1.22. The first-order valence-corrected chi connectivity index (χ1v) is 10.0. The number of ether oxygens (including phenoxy) is 2. The van der Waals surface area contributed by atoms with Gasteiger partial charge in [0.2, 0.25) is 11.8 Å². The molecule has 0 bridgehead atoms. The van der Waals surface area contributed by atoms with Gasteiger partial charge in [0.15, 0.2) is 0 Å². The molecule has 0 unspecified atom stereocenters. The molecule has 9 heteroatoms. The molecule has 9 nitrogen and oxygen atoms in total. The van der Waals surface area contributed by atoms with Gasteiger partial charge >= 0.3 is 12.1 Å². The van der Waals surface area contributed by atoms with Crippen molar-refractivity contribution in [2.75, 3.05) is 13.7 Å². The molecule has 0 heterocycles. The maximum absolute atomic E-state index is 12.7. The van der Waals surface area contributed by atoms with Gasteiger partial charge in [-0.15, -0.1) is 0 Å². The third-order valence-electron chi connectivity index (χ3n) is 4.45. The van der Waals surface area contributed by atoms with Crippen molar-refractivity contribution in [2.24, 2.45) is 0 Å². The number of nitrogens with one attached hydrogen (secondary N) is 3. The standard InChI is InChI=1S/C23H27N3O6/c1-16(22(29)31-2)25-21(28)19(13-17-9-5-3-6-10-17)26-20(27)14-24-23(30)32-15-18-11-7-4-8-12-18/h3-12,16,19H,13-15H2,1-2H3,(H,24,30)(H,25,28)(H,26,27)/t16-,19-/m0/s1. The van der Waals surface area contributed by atoms with Gasteiger partial charge < -0.3 is 25.4 Å². The van der Waals surface area contributed by atoms with E-state index in [9.17, 15) is 19.2 Å². The second-order valence-electron chi connectivity index (χ2n) is 6.98. The number of amides is 3. The summed E-state index contributed by atoms with van der Waals surface area (Å²) >= 11 is 0. The Morgan fingerprint density at radius 1 is 0.875 bits per heavy atom. The Morgan fingerprint density at radius 3 is 2.06 bits per heavy atom. The zero-order valence-corrected chi connectivity index (χ0v) is 18.0. The van der Waals surface area contributed by atoms with Gasteiger partial charge in [-0.25, -0.2) is 9.59 Å². The number of rotatable bonds is 10. The number of alkyl carbamates (subject to hydrolysis) is 1. The normalized spacial score (nSPS) is 12.1. The van der Waals surface area contributed by atoms with Crippen molar-refractivity contribution in [3.8, 4) is 0 Å². The van der Waals surface area contributed by atoms with Gasteiger partial charge in [-0.3, -0.25) is 9.59 Å². The van der Waals surface area contributed by atoms with E-state index in [1.54, 1.807) is 0 Å². The minimum absolute atomic E-state index is 0.0682. The maximum Gasteiger partial charge on any atom is 0.407 e. The summed E-state index contributed by atoms with van der Waals surface area (Å²) in [4.78, 5) is 48.5. The van der Waals surface area contributed by atoms with E-state index < -0.39 is 36.0 Å². The Bertz CT molecular complexity index is 904. The van der Waals surface area contributed by atoms with Crippen LogP contribution in [-0.2, 0) is 36.9 Å². The SMILES string of the molecule is COC(=O)[C@H](C)NC(=O)[C@H](Cc1ccccc1)NC(=O)CNC(=O)OCc1ccccc1. The van der Waals surface area contributed by atoms with Crippen LogP contribution in [0, 0.1) is 0 Å². The van der Waals surface area contributed by atoms with Gasteiger partial charge in [-0.2, -0.15) is 0 Å². The Labute approximate surface area is 186 Å². The number of carbonyl (C=O) groups is 4. The Kier molecular flexibility index (Phi) is 9.70. The molecule has 0 fully saturated rings. The molecule has 0 saturated carbocycles. The molecular weight excluding hydrogens is 414 g/mol. The average molecular weight is 441 g/mol. The van der Waals surface area contributed by atoms with Gasteiger partial charge in [-0.1, -0.05) is 60.7 Å². The highest BCUT2D eigenvalue weighted by molar-refractivity contribution is 5.91. The molecule has 2 aromatic carbocycles. The predicted octanol–water partition coefficient (Wildman–Crippen LogP) is 1.32. The van der Waals surface area contributed by atoms with E-state index in [4.69, 9.17) is 4.74 Å². The molecule has 0 aromatic heterocycles. The molecule has 0 spiro atoms. The molecule has 0 aliphatic heterocycles. The van der Waals surface area contributed by atoms with Crippen LogP contribution in [0.4, 0.5) is 4.79 Å². The van der Waals surface area contributed by atoms with E-state index in [1.165, 1.54) is 14.0 Å². The van der Waals surface area contributed by atoms with Crippen molar-refractivity contribution < 1.29 is 28.7 Å². The fourth-order valence-electron chi connectivity index (χ4n) is 2.78. The maximum atomic E-state index is 12.7. The fraction of sp³-hybridized carbons (Fsp3) is 0.304. The van der Waals surface area contributed by atoms with Crippen LogP contribution in [0.5, 0.6) is 0 Å². The molecular formula is C23H27N3O6. The summed E-state index contributed by atoms with van der Waals surface area (Å²) in [6, 6.07) is 16.4. The number of benzene rings is 2. The minimum Gasteiger partial charge on any atom is -0.467 e. The highest BCUT2D eigenvalue weighted by atomic mass is 16.5. The monoisotopic (exact) mass is 441 g/mol. The van der Waals surface area contributed by atoms with Crippen molar-refractivity contribution in [3.63, 3.8) is 0 Å². The number of hydrogen-bond acceptors (Lipinski definition) is 6. The second kappa shape index (κ2) is 12.7. The highest BCUT2D eigenvalue weighted by Gasteiger charge is 2.25. The van der Waals surface area contributed by atoms with Crippen molar-refractivity contribution in [3.05, 3.63) is 71.8 Å². The van der Waals surface area contributed by atoms with Crippen LogP contribution in [0.1, 0.15) is 18.1 Å². The molecule has 2 atom stereocenters. The molecule has 32 heavy (non-hydrogen) atoms. The number of hydrogen-bond donors (Lipinski definition) is 3. The first-order chi connectivity index (χ1) is 15.4. The third kappa shape index (κ3) is 8.47. The molecule has 170 valence electrons. The molecule has 2 aromatic rings. The summed E-state index contributed by atoms with van der Waals surface area (Å²) in [5.41, 5.74) is 1.63. The average Bonchev–Trinajstić information content (AvgIpc) is 2.81. The number of esters is 1. The van der Waals surface area contributed by atoms with Crippen molar-refractivity contribution >= 4 is 23.9 Å². The Morgan fingerprint density at radius 2 is 1.47 bits per heavy atom. The fourth-order valence-corrected chi connectivity index (χ4v) is 2.78. The lowest BCUT2D eigenvalue weighted by molar-refractivity contribution is -0.144. The summed E-state index contributed by atoms with van der Waals surface area (Å²) in [5.74, 6) is -1.74. The van der Waals surface area contributed by atoms with E-state index in [0.717, 1.165) is 11.1 Å².